The summed E-state index contributed by atoms with van der Waals surface area (Å²) in [6.45, 7) is 2.29. The second-order valence-corrected chi connectivity index (χ2v) is 9.53. The Morgan fingerprint density at radius 2 is 1.94 bits per heavy atom. The van der Waals surface area contributed by atoms with Crippen LogP contribution in [-0.4, -0.2) is 20.7 Å². The van der Waals surface area contributed by atoms with E-state index in [9.17, 15) is 9.18 Å². The number of aromatic nitrogens is 3. The SMILES string of the molecule is Cc1nn(-c2nc3ccccc3s2)c2c1C(c1cccc(OCc3ccc(F)cc3)c1)CC(=O)N2. The number of halogens is 1. The minimum atomic E-state index is -0.274. The molecule has 0 bridgehead atoms. The third-order valence-corrected chi connectivity index (χ3v) is 7.16. The lowest BCUT2D eigenvalue weighted by Crippen LogP contribution is -2.25. The van der Waals surface area contributed by atoms with Crippen molar-refractivity contribution >= 4 is 33.3 Å². The molecule has 1 atom stereocenters. The number of hydrogen-bond donors (Lipinski definition) is 1. The smallest absolute Gasteiger partial charge is 0.226 e. The Bertz CT molecular complexity index is 1520. The van der Waals surface area contributed by atoms with Crippen molar-refractivity contribution in [2.45, 2.75) is 25.9 Å². The number of para-hydroxylation sites is 1. The molecule has 3 heterocycles. The van der Waals surface area contributed by atoms with Gasteiger partial charge < -0.3 is 10.1 Å². The molecule has 0 spiro atoms. The first kappa shape index (κ1) is 21.5. The molecule has 1 N–H and O–H groups in total. The van der Waals surface area contributed by atoms with Crippen LogP contribution in [0, 0.1) is 12.7 Å². The highest BCUT2D eigenvalue weighted by molar-refractivity contribution is 7.20. The fourth-order valence-corrected chi connectivity index (χ4v) is 5.41. The number of aryl methyl sites for hydroxylation is 1. The van der Waals surface area contributed by atoms with Crippen LogP contribution < -0.4 is 10.1 Å². The van der Waals surface area contributed by atoms with Crippen molar-refractivity contribution in [2.24, 2.45) is 0 Å². The molecule has 35 heavy (non-hydrogen) atoms. The van der Waals surface area contributed by atoms with E-state index in [-0.39, 0.29) is 17.6 Å². The van der Waals surface area contributed by atoms with E-state index in [0.717, 1.165) is 32.6 Å². The maximum atomic E-state index is 13.2. The van der Waals surface area contributed by atoms with Gasteiger partial charge in [-0.15, -0.1) is 0 Å². The normalized spacial score (nSPS) is 15.1. The summed E-state index contributed by atoms with van der Waals surface area (Å²) in [6, 6.07) is 22.0. The van der Waals surface area contributed by atoms with E-state index in [4.69, 9.17) is 14.8 Å². The summed E-state index contributed by atoms with van der Waals surface area (Å²) in [5.74, 6) is 0.860. The van der Waals surface area contributed by atoms with E-state index in [1.807, 2.05) is 55.5 Å². The largest absolute Gasteiger partial charge is 0.489 e. The van der Waals surface area contributed by atoms with Crippen LogP contribution in [0.15, 0.2) is 72.8 Å². The van der Waals surface area contributed by atoms with E-state index >= 15 is 0 Å². The minimum Gasteiger partial charge on any atom is -0.489 e. The average Bonchev–Trinajstić information content (AvgIpc) is 3.44. The number of anilines is 1. The molecule has 1 amide bonds. The predicted molar refractivity (Wildman–Crippen MR) is 134 cm³/mol. The molecule has 6 nitrogen and oxygen atoms in total. The van der Waals surface area contributed by atoms with Crippen LogP contribution in [0.1, 0.15) is 34.7 Å². The van der Waals surface area contributed by atoms with Gasteiger partial charge in [-0.3, -0.25) is 4.79 Å². The van der Waals surface area contributed by atoms with Gasteiger partial charge in [0.15, 0.2) is 0 Å². The first-order valence-corrected chi connectivity index (χ1v) is 12.1. The van der Waals surface area contributed by atoms with Gasteiger partial charge >= 0.3 is 0 Å². The molecule has 1 aliphatic rings. The van der Waals surface area contributed by atoms with Crippen molar-refractivity contribution in [2.75, 3.05) is 5.32 Å². The molecule has 5 aromatic rings. The number of thiazole rings is 1. The van der Waals surface area contributed by atoms with E-state index < -0.39 is 0 Å². The van der Waals surface area contributed by atoms with Crippen LogP contribution in [0.3, 0.4) is 0 Å². The second-order valence-electron chi connectivity index (χ2n) is 8.52. The van der Waals surface area contributed by atoms with Gasteiger partial charge in [-0.05, 0) is 54.4 Å². The molecule has 174 valence electrons. The van der Waals surface area contributed by atoms with Crippen molar-refractivity contribution < 1.29 is 13.9 Å². The van der Waals surface area contributed by atoms with Gasteiger partial charge in [-0.25, -0.2) is 9.37 Å². The quantitative estimate of drug-likeness (QED) is 0.333. The third kappa shape index (κ3) is 4.06. The Hall–Kier alpha value is -4.04. The van der Waals surface area contributed by atoms with Gasteiger partial charge in [0.2, 0.25) is 11.0 Å². The number of rotatable bonds is 5. The van der Waals surface area contributed by atoms with Crippen LogP contribution >= 0.6 is 11.3 Å². The summed E-state index contributed by atoms with van der Waals surface area (Å²) in [5, 5.41) is 8.50. The zero-order valence-electron chi connectivity index (χ0n) is 18.9. The van der Waals surface area contributed by atoms with Gasteiger partial charge in [0.05, 0.1) is 15.9 Å². The highest BCUT2D eigenvalue weighted by Crippen LogP contribution is 2.41. The lowest BCUT2D eigenvalue weighted by molar-refractivity contribution is -0.116. The Labute approximate surface area is 205 Å². The molecule has 8 heteroatoms. The van der Waals surface area contributed by atoms with Crippen LogP contribution in [-0.2, 0) is 11.4 Å². The van der Waals surface area contributed by atoms with E-state index in [0.29, 0.717) is 29.7 Å². The lowest BCUT2D eigenvalue weighted by atomic mass is 9.86. The van der Waals surface area contributed by atoms with Gasteiger partial charge in [0.1, 0.15) is 24.0 Å². The Morgan fingerprint density at radius 3 is 2.77 bits per heavy atom. The van der Waals surface area contributed by atoms with Crippen molar-refractivity contribution in [3.05, 3.63) is 101 Å². The molecule has 0 aliphatic carbocycles. The van der Waals surface area contributed by atoms with Crippen molar-refractivity contribution in [1.82, 2.24) is 14.8 Å². The first-order valence-electron chi connectivity index (χ1n) is 11.3. The highest BCUT2D eigenvalue weighted by Gasteiger charge is 2.33. The van der Waals surface area contributed by atoms with Gasteiger partial charge in [-0.2, -0.15) is 9.78 Å². The number of carbonyl (C=O) groups is 1. The van der Waals surface area contributed by atoms with Crippen LogP contribution in [0.2, 0.25) is 0 Å². The molecule has 0 fully saturated rings. The van der Waals surface area contributed by atoms with Gasteiger partial charge in [0, 0.05) is 17.9 Å². The van der Waals surface area contributed by atoms with E-state index in [1.54, 1.807) is 16.8 Å². The summed E-state index contributed by atoms with van der Waals surface area (Å²) in [6.07, 6.45) is 0.320. The molecule has 1 unspecified atom stereocenters. The Balaban J connectivity index is 1.34. The summed E-state index contributed by atoms with van der Waals surface area (Å²) in [5.41, 5.74) is 4.59. The van der Waals surface area contributed by atoms with Gasteiger partial charge in [-0.1, -0.05) is 47.7 Å². The number of carbonyl (C=O) groups excluding carboxylic acids is 1. The standard InChI is InChI=1S/C27H21FN4O2S/c1-16-25-21(18-5-4-6-20(13-18)34-15-17-9-11-19(28)12-10-17)14-24(33)30-26(25)32(31-16)27-29-22-7-2-3-8-23(22)35-27/h2-13,21H,14-15H2,1H3,(H,30,33). The fourth-order valence-electron chi connectivity index (χ4n) is 4.49. The number of amides is 1. The lowest BCUT2D eigenvalue weighted by Gasteiger charge is -2.24. The first-order chi connectivity index (χ1) is 17.0. The number of nitrogens with one attached hydrogen (secondary N) is 1. The maximum absolute atomic E-state index is 13.2. The number of benzene rings is 3. The summed E-state index contributed by atoms with van der Waals surface area (Å²) in [4.78, 5) is 17.5. The van der Waals surface area contributed by atoms with Crippen LogP contribution in [0.4, 0.5) is 10.2 Å². The second kappa shape index (κ2) is 8.63. The van der Waals surface area contributed by atoms with Crippen molar-refractivity contribution in [1.29, 1.82) is 0 Å². The topological polar surface area (TPSA) is 69.0 Å². The molecule has 0 radical (unpaired) electrons. The van der Waals surface area contributed by atoms with Crippen LogP contribution in [0.5, 0.6) is 5.75 Å². The number of ether oxygens (including phenoxy) is 1. The molecule has 0 saturated heterocycles. The molecule has 6 rings (SSSR count). The number of fused-ring (bicyclic) bond motifs is 2. The minimum absolute atomic E-state index is 0.0672. The Morgan fingerprint density at radius 1 is 1.11 bits per heavy atom. The molecule has 2 aromatic heterocycles. The van der Waals surface area contributed by atoms with Crippen molar-refractivity contribution in [3.63, 3.8) is 0 Å². The van der Waals surface area contributed by atoms with E-state index in [1.165, 1.54) is 23.5 Å². The molecule has 1 aliphatic heterocycles. The summed E-state index contributed by atoms with van der Waals surface area (Å²) >= 11 is 1.54. The zero-order chi connectivity index (χ0) is 23.9. The number of hydrogen-bond acceptors (Lipinski definition) is 5. The molecule has 0 saturated carbocycles. The highest BCUT2D eigenvalue weighted by atomic mass is 32.1. The fraction of sp³-hybridized carbons (Fsp3) is 0.148. The Kier molecular flexibility index (Phi) is 5.30. The van der Waals surface area contributed by atoms with Gasteiger partial charge in [0.25, 0.3) is 0 Å². The molecule has 3 aromatic carbocycles. The third-order valence-electron chi connectivity index (χ3n) is 6.15. The van der Waals surface area contributed by atoms with Crippen LogP contribution in [0.25, 0.3) is 15.3 Å². The van der Waals surface area contributed by atoms with Crippen molar-refractivity contribution in [3.8, 4) is 10.9 Å². The average molecular weight is 485 g/mol. The summed E-state index contributed by atoms with van der Waals surface area (Å²) < 4.78 is 21.9. The number of nitrogens with zero attached hydrogens (tertiary/aromatic N) is 3. The predicted octanol–water partition coefficient (Wildman–Crippen LogP) is 5.98. The monoisotopic (exact) mass is 484 g/mol. The maximum Gasteiger partial charge on any atom is 0.226 e. The van der Waals surface area contributed by atoms with E-state index in [2.05, 4.69) is 5.32 Å². The zero-order valence-corrected chi connectivity index (χ0v) is 19.7. The molecular weight excluding hydrogens is 463 g/mol. The molecular formula is C27H21FN4O2S. The summed E-state index contributed by atoms with van der Waals surface area (Å²) in [7, 11) is 0.